The quantitative estimate of drug-likeness (QED) is 0.689. The first-order chi connectivity index (χ1) is 14.1. The third-order valence-electron chi connectivity index (χ3n) is 5.86. The molecule has 0 unspecified atom stereocenters. The van der Waals surface area contributed by atoms with E-state index in [9.17, 15) is 4.79 Å². The Bertz CT molecular complexity index is 1070. The molecule has 0 radical (unpaired) electrons. The van der Waals surface area contributed by atoms with E-state index in [0.717, 1.165) is 42.5 Å². The van der Waals surface area contributed by atoms with Crippen LogP contribution in [0.2, 0.25) is 0 Å². The van der Waals surface area contributed by atoms with Gasteiger partial charge in [0.05, 0.1) is 11.6 Å². The lowest BCUT2D eigenvalue weighted by molar-refractivity contribution is -0.137. The maximum Gasteiger partial charge on any atom is 0.229 e. The Labute approximate surface area is 170 Å². The second-order valence-corrected chi connectivity index (χ2v) is 7.95. The van der Waals surface area contributed by atoms with Gasteiger partial charge in [0.15, 0.2) is 5.82 Å². The van der Waals surface area contributed by atoms with Crippen molar-refractivity contribution in [3.8, 4) is 5.82 Å². The van der Waals surface area contributed by atoms with E-state index in [2.05, 4.69) is 38.2 Å². The molecule has 1 amide bonds. The fourth-order valence-corrected chi connectivity index (χ4v) is 4.25. The van der Waals surface area contributed by atoms with Crippen LogP contribution in [0.4, 0.5) is 5.82 Å². The zero-order valence-corrected chi connectivity index (χ0v) is 16.7. The van der Waals surface area contributed by atoms with Gasteiger partial charge in [0, 0.05) is 37.9 Å². The van der Waals surface area contributed by atoms with Crippen LogP contribution in [-0.4, -0.2) is 50.2 Å². The Balaban J connectivity index is 1.25. The molecular formula is C22H24N6O. The minimum Gasteiger partial charge on any atom is -0.355 e. The molecule has 2 aromatic heterocycles. The fraction of sp³-hybridized carbons (Fsp3) is 0.364. The molecule has 0 aliphatic carbocycles. The zero-order valence-electron chi connectivity index (χ0n) is 16.7. The van der Waals surface area contributed by atoms with Crippen molar-refractivity contribution in [1.82, 2.24) is 24.6 Å². The molecule has 7 heteroatoms. The van der Waals surface area contributed by atoms with Crippen LogP contribution in [0.5, 0.6) is 0 Å². The van der Waals surface area contributed by atoms with E-state index in [1.54, 1.807) is 6.33 Å². The highest BCUT2D eigenvalue weighted by Gasteiger charge is 2.37. The summed E-state index contributed by atoms with van der Waals surface area (Å²) >= 11 is 0. The minimum atomic E-state index is 0.0346. The molecule has 0 bridgehead atoms. The van der Waals surface area contributed by atoms with Gasteiger partial charge in [0.2, 0.25) is 5.91 Å². The van der Waals surface area contributed by atoms with Gasteiger partial charge in [-0.25, -0.2) is 14.6 Å². The second-order valence-electron chi connectivity index (χ2n) is 7.95. The van der Waals surface area contributed by atoms with Gasteiger partial charge in [-0.2, -0.15) is 5.10 Å². The molecule has 3 aromatic rings. The van der Waals surface area contributed by atoms with Crippen molar-refractivity contribution < 1.29 is 4.79 Å². The lowest BCUT2D eigenvalue weighted by atomic mass is 9.95. The van der Waals surface area contributed by atoms with Gasteiger partial charge in [-0.3, -0.25) is 4.79 Å². The molecule has 1 fully saturated rings. The highest BCUT2D eigenvalue weighted by molar-refractivity contribution is 5.82. The van der Waals surface area contributed by atoms with Gasteiger partial charge in [-0.1, -0.05) is 24.3 Å². The average molecular weight is 388 g/mol. The Kier molecular flexibility index (Phi) is 4.30. The van der Waals surface area contributed by atoms with Gasteiger partial charge in [-0.15, -0.1) is 0 Å². The third-order valence-corrected chi connectivity index (χ3v) is 5.86. The number of aromatic nitrogens is 4. The van der Waals surface area contributed by atoms with E-state index in [1.165, 1.54) is 11.1 Å². The molecule has 29 heavy (non-hydrogen) atoms. The first kappa shape index (κ1) is 17.8. The van der Waals surface area contributed by atoms with Crippen molar-refractivity contribution in [2.24, 2.45) is 5.92 Å². The van der Waals surface area contributed by atoms with E-state index in [0.29, 0.717) is 13.1 Å². The van der Waals surface area contributed by atoms with Crippen LogP contribution >= 0.6 is 0 Å². The number of carbonyl (C=O) groups excluding carboxylic acids is 1. The SMILES string of the molecule is Cc1cc(C)n(-c2cc(N3CC(C(=O)N4CCc5ccccc5C4)C3)ncn2)n1. The third kappa shape index (κ3) is 3.26. The number of anilines is 1. The predicted octanol–water partition coefficient (Wildman–Crippen LogP) is 2.30. The Morgan fingerprint density at radius 3 is 2.55 bits per heavy atom. The van der Waals surface area contributed by atoms with Gasteiger partial charge < -0.3 is 9.80 Å². The monoisotopic (exact) mass is 388 g/mol. The van der Waals surface area contributed by atoms with Crippen LogP contribution < -0.4 is 4.90 Å². The van der Waals surface area contributed by atoms with Crippen molar-refractivity contribution >= 4 is 11.7 Å². The van der Waals surface area contributed by atoms with Crippen LogP contribution in [0.3, 0.4) is 0 Å². The van der Waals surface area contributed by atoms with Crippen molar-refractivity contribution in [3.05, 3.63) is 65.2 Å². The molecule has 148 valence electrons. The van der Waals surface area contributed by atoms with Crippen molar-refractivity contribution in [1.29, 1.82) is 0 Å². The van der Waals surface area contributed by atoms with Crippen LogP contribution in [-0.2, 0) is 17.8 Å². The number of rotatable bonds is 3. The summed E-state index contributed by atoms with van der Waals surface area (Å²) in [5.74, 6) is 1.88. The Hall–Kier alpha value is -3.22. The second kappa shape index (κ2) is 6.99. The molecule has 5 rings (SSSR count). The molecule has 7 nitrogen and oxygen atoms in total. The molecule has 1 aromatic carbocycles. The first-order valence-corrected chi connectivity index (χ1v) is 10.0. The lowest BCUT2D eigenvalue weighted by Gasteiger charge is -2.42. The molecule has 2 aliphatic rings. The zero-order chi connectivity index (χ0) is 20.0. The number of hydrogen-bond acceptors (Lipinski definition) is 5. The highest BCUT2D eigenvalue weighted by atomic mass is 16.2. The van der Waals surface area contributed by atoms with Gasteiger partial charge in [0.25, 0.3) is 0 Å². The van der Waals surface area contributed by atoms with Crippen LogP contribution in [0.25, 0.3) is 5.82 Å². The van der Waals surface area contributed by atoms with Gasteiger partial charge in [0.1, 0.15) is 12.1 Å². The first-order valence-electron chi connectivity index (χ1n) is 10.0. The number of benzene rings is 1. The summed E-state index contributed by atoms with van der Waals surface area (Å²) in [5.41, 5.74) is 4.63. The average Bonchev–Trinajstić information content (AvgIpc) is 3.04. The summed E-state index contributed by atoms with van der Waals surface area (Å²) in [4.78, 5) is 25.9. The lowest BCUT2D eigenvalue weighted by Crippen LogP contribution is -2.55. The molecule has 0 spiro atoms. The topological polar surface area (TPSA) is 67.2 Å². The largest absolute Gasteiger partial charge is 0.355 e. The summed E-state index contributed by atoms with van der Waals surface area (Å²) in [6, 6.07) is 12.4. The van der Waals surface area contributed by atoms with Gasteiger partial charge in [-0.05, 0) is 37.5 Å². The molecule has 0 saturated carbocycles. The van der Waals surface area contributed by atoms with Crippen molar-refractivity contribution in [2.45, 2.75) is 26.8 Å². The molecule has 2 aliphatic heterocycles. The summed E-state index contributed by atoms with van der Waals surface area (Å²) in [5, 5.41) is 4.49. The summed E-state index contributed by atoms with van der Waals surface area (Å²) in [6.07, 6.45) is 2.51. The minimum absolute atomic E-state index is 0.0346. The van der Waals surface area contributed by atoms with Crippen LogP contribution in [0.1, 0.15) is 22.5 Å². The standard InChI is InChI=1S/C22H24N6O/c1-15-9-16(2)28(25-15)21-10-20(23-14-24-21)27-12-19(13-27)22(29)26-8-7-17-5-3-4-6-18(17)11-26/h3-6,9-10,14,19H,7-8,11-13H2,1-2H3. The summed E-state index contributed by atoms with van der Waals surface area (Å²) < 4.78 is 1.83. The molecular weight excluding hydrogens is 364 g/mol. The molecule has 1 saturated heterocycles. The maximum atomic E-state index is 13.0. The number of hydrogen-bond donors (Lipinski definition) is 0. The predicted molar refractivity (Wildman–Crippen MR) is 110 cm³/mol. The van der Waals surface area contributed by atoms with E-state index in [1.807, 2.05) is 41.6 Å². The van der Waals surface area contributed by atoms with E-state index >= 15 is 0 Å². The Morgan fingerprint density at radius 1 is 1.03 bits per heavy atom. The molecule has 0 atom stereocenters. The Morgan fingerprint density at radius 2 is 1.79 bits per heavy atom. The maximum absolute atomic E-state index is 13.0. The van der Waals surface area contributed by atoms with Crippen molar-refractivity contribution in [2.75, 3.05) is 24.5 Å². The number of amides is 1. The molecule has 0 N–H and O–H groups in total. The molecule has 4 heterocycles. The summed E-state index contributed by atoms with van der Waals surface area (Å²) in [6.45, 7) is 6.91. The highest BCUT2D eigenvalue weighted by Crippen LogP contribution is 2.27. The normalized spacial score (nSPS) is 16.5. The number of fused-ring (bicyclic) bond motifs is 1. The number of nitrogens with zero attached hydrogens (tertiary/aromatic N) is 6. The smallest absolute Gasteiger partial charge is 0.229 e. The number of carbonyl (C=O) groups is 1. The van der Waals surface area contributed by atoms with Gasteiger partial charge >= 0.3 is 0 Å². The fourth-order valence-electron chi connectivity index (χ4n) is 4.25. The van der Waals surface area contributed by atoms with E-state index in [-0.39, 0.29) is 11.8 Å². The van der Waals surface area contributed by atoms with Crippen LogP contribution in [0, 0.1) is 19.8 Å². The van der Waals surface area contributed by atoms with E-state index < -0.39 is 0 Å². The summed E-state index contributed by atoms with van der Waals surface area (Å²) in [7, 11) is 0. The van der Waals surface area contributed by atoms with Crippen LogP contribution in [0.15, 0.2) is 42.7 Å². The van der Waals surface area contributed by atoms with E-state index in [4.69, 9.17) is 0 Å². The number of aryl methyl sites for hydroxylation is 2. The van der Waals surface area contributed by atoms with Crippen molar-refractivity contribution in [3.63, 3.8) is 0 Å².